The number of amides is 1. The van der Waals surface area contributed by atoms with Gasteiger partial charge in [-0.3, -0.25) is 14.8 Å². The predicted octanol–water partition coefficient (Wildman–Crippen LogP) is 6.57. The van der Waals surface area contributed by atoms with Crippen LogP contribution in [-0.4, -0.2) is 23.5 Å². The van der Waals surface area contributed by atoms with Crippen LogP contribution in [0.5, 0.6) is 0 Å². The van der Waals surface area contributed by atoms with Gasteiger partial charge in [-0.25, -0.2) is 9.87 Å². The van der Waals surface area contributed by atoms with Crippen molar-refractivity contribution in [2.75, 3.05) is 6.61 Å². The van der Waals surface area contributed by atoms with Crippen molar-refractivity contribution in [2.24, 2.45) is 0 Å². The van der Waals surface area contributed by atoms with Crippen LogP contribution in [0.25, 0.3) is 0 Å². The fraction of sp³-hybridized carbons (Fsp3) is 0.333. The molecular formula is C30H34FNO4. The number of halogens is 1. The number of unbranched alkanes of at least 4 members (excludes halogenated alkanes) is 4. The third-order valence-electron chi connectivity index (χ3n) is 6.34. The number of hydrogen-bond acceptors (Lipinski definition) is 4. The summed E-state index contributed by atoms with van der Waals surface area (Å²) in [5.41, 5.74) is 3.95. The number of hydrogen-bond donors (Lipinski definition) is 2. The Morgan fingerprint density at radius 3 is 1.89 bits per heavy atom. The molecule has 6 heteroatoms. The molecule has 0 aromatic heterocycles. The van der Waals surface area contributed by atoms with Crippen LogP contribution in [0, 0.1) is 5.82 Å². The van der Waals surface area contributed by atoms with Gasteiger partial charge in [-0.05, 0) is 48.6 Å². The van der Waals surface area contributed by atoms with Gasteiger partial charge in [-0.15, -0.1) is 0 Å². The zero-order valence-electron chi connectivity index (χ0n) is 20.7. The average Bonchev–Trinajstić information content (AvgIpc) is 2.92. The molecule has 1 atom stereocenters. The molecule has 190 valence electrons. The van der Waals surface area contributed by atoms with Crippen molar-refractivity contribution >= 4 is 11.7 Å². The van der Waals surface area contributed by atoms with Gasteiger partial charge in [0.05, 0.1) is 0 Å². The van der Waals surface area contributed by atoms with Gasteiger partial charge in [-0.1, -0.05) is 86.0 Å². The summed E-state index contributed by atoms with van der Waals surface area (Å²) in [6.45, 7) is 2.37. The van der Waals surface area contributed by atoms with Gasteiger partial charge in [0.15, 0.2) is 5.78 Å². The minimum Gasteiger partial charge on any atom is -0.361 e. The van der Waals surface area contributed by atoms with Crippen LogP contribution < -0.4 is 5.48 Å². The van der Waals surface area contributed by atoms with Crippen molar-refractivity contribution in [1.29, 1.82) is 0 Å². The quantitative estimate of drug-likeness (QED) is 0.0879. The molecule has 0 aliphatic carbocycles. The van der Waals surface area contributed by atoms with E-state index in [2.05, 4.69) is 0 Å². The Labute approximate surface area is 212 Å². The predicted molar refractivity (Wildman–Crippen MR) is 137 cm³/mol. The number of benzene rings is 3. The van der Waals surface area contributed by atoms with E-state index >= 15 is 0 Å². The molecule has 0 saturated heterocycles. The first-order chi connectivity index (χ1) is 17.5. The fourth-order valence-electron chi connectivity index (χ4n) is 4.52. The Balaban J connectivity index is 1.73. The molecule has 3 aromatic rings. The Kier molecular flexibility index (Phi) is 10.3. The maximum absolute atomic E-state index is 13.7. The summed E-state index contributed by atoms with van der Waals surface area (Å²) in [4.78, 5) is 23.8. The highest BCUT2D eigenvalue weighted by atomic mass is 19.1. The lowest BCUT2D eigenvalue weighted by Gasteiger charge is -2.35. The molecule has 1 amide bonds. The highest BCUT2D eigenvalue weighted by molar-refractivity contribution is 5.96. The molecule has 0 heterocycles. The molecule has 0 bridgehead atoms. The lowest BCUT2D eigenvalue weighted by atomic mass is 9.79. The van der Waals surface area contributed by atoms with E-state index in [1.54, 1.807) is 17.6 Å². The molecule has 0 saturated carbocycles. The number of hydroxylamine groups is 1. The van der Waals surface area contributed by atoms with Crippen LogP contribution in [0.1, 0.15) is 78.9 Å². The number of Topliss-reactive ketones (excluding diaryl/α,β-unsaturated/α-hetero) is 1. The minimum atomic E-state index is -0.932. The Morgan fingerprint density at radius 1 is 0.778 bits per heavy atom. The zero-order valence-corrected chi connectivity index (χ0v) is 20.7. The summed E-state index contributed by atoms with van der Waals surface area (Å²) < 4.78 is 20.2. The number of ketones is 1. The fourth-order valence-corrected chi connectivity index (χ4v) is 4.52. The molecule has 3 aromatic carbocycles. The van der Waals surface area contributed by atoms with E-state index in [1.165, 1.54) is 12.1 Å². The maximum Gasteiger partial charge on any atom is 0.243 e. The largest absolute Gasteiger partial charge is 0.361 e. The second kappa shape index (κ2) is 13.7. The van der Waals surface area contributed by atoms with Crippen molar-refractivity contribution in [3.8, 4) is 0 Å². The van der Waals surface area contributed by atoms with E-state index in [4.69, 9.17) is 9.94 Å². The van der Waals surface area contributed by atoms with Crippen LogP contribution in [0.3, 0.4) is 0 Å². The van der Waals surface area contributed by atoms with Crippen molar-refractivity contribution in [3.63, 3.8) is 0 Å². The number of carbonyl (C=O) groups is 2. The summed E-state index contributed by atoms with van der Waals surface area (Å²) in [7, 11) is 0. The first-order valence-electron chi connectivity index (χ1n) is 12.5. The third-order valence-corrected chi connectivity index (χ3v) is 6.34. The number of ether oxygens (including phenoxy) is 1. The molecule has 0 radical (unpaired) electrons. The summed E-state index contributed by atoms with van der Waals surface area (Å²) in [6, 6.07) is 23.7. The molecule has 2 N–H and O–H groups in total. The van der Waals surface area contributed by atoms with Crippen molar-refractivity contribution in [3.05, 3.63) is 107 Å². The van der Waals surface area contributed by atoms with E-state index in [1.807, 2.05) is 61.5 Å². The molecule has 5 nitrogen and oxygen atoms in total. The first kappa shape index (κ1) is 27.2. The molecule has 0 aliphatic heterocycles. The summed E-state index contributed by atoms with van der Waals surface area (Å²) in [5.74, 6) is -0.591. The maximum atomic E-state index is 13.7. The van der Waals surface area contributed by atoms with E-state index in [9.17, 15) is 14.0 Å². The van der Waals surface area contributed by atoms with E-state index in [0.29, 0.717) is 25.0 Å². The van der Waals surface area contributed by atoms with Crippen molar-refractivity contribution in [2.45, 2.75) is 57.5 Å². The zero-order chi connectivity index (χ0) is 25.8. The Morgan fingerprint density at radius 2 is 1.31 bits per heavy atom. The van der Waals surface area contributed by atoms with Crippen LogP contribution in [-0.2, 0) is 15.1 Å². The highest BCUT2D eigenvalue weighted by Gasteiger charge is 2.37. The van der Waals surface area contributed by atoms with Crippen molar-refractivity contribution in [1.82, 2.24) is 5.48 Å². The third kappa shape index (κ3) is 6.86. The number of nitrogens with one attached hydrogen (secondary N) is 1. The SMILES string of the molecule is CCOC(c1ccccc1)(c1ccc(F)cc1)c1ccc(C(=O)CCCCCCCC(=O)NO)cc1. The van der Waals surface area contributed by atoms with Crippen LogP contribution in [0.15, 0.2) is 78.9 Å². The Bertz CT molecular complexity index is 1100. The normalized spacial score (nSPS) is 12.6. The summed E-state index contributed by atoms with van der Waals surface area (Å²) in [6.07, 6.45) is 5.02. The summed E-state index contributed by atoms with van der Waals surface area (Å²) >= 11 is 0. The average molecular weight is 492 g/mol. The van der Waals surface area contributed by atoms with Gasteiger partial charge in [0.25, 0.3) is 0 Å². The van der Waals surface area contributed by atoms with Gasteiger partial charge in [0, 0.05) is 25.0 Å². The molecule has 0 fully saturated rings. The number of carbonyl (C=O) groups excluding carboxylic acids is 2. The highest BCUT2D eigenvalue weighted by Crippen LogP contribution is 2.40. The van der Waals surface area contributed by atoms with E-state index < -0.39 is 5.60 Å². The van der Waals surface area contributed by atoms with Gasteiger partial charge >= 0.3 is 0 Å². The van der Waals surface area contributed by atoms with E-state index in [-0.39, 0.29) is 17.5 Å². The van der Waals surface area contributed by atoms with Gasteiger partial charge in [-0.2, -0.15) is 0 Å². The van der Waals surface area contributed by atoms with Crippen LogP contribution >= 0.6 is 0 Å². The van der Waals surface area contributed by atoms with E-state index in [0.717, 1.165) is 48.8 Å². The van der Waals surface area contributed by atoms with Crippen molar-refractivity contribution < 1.29 is 23.9 Å². The molecule has 0 aliphatic rings. The standard InChI is InChI=1S/C30H34FNO4/c1-2-36-30(24-11-7-6-8-12-24,26-19-21-27(31)22-20-26)25-17-15-23(16-18-25)28(33)13-9-4-3-5-10-14-29(34)32-35/h6-8,11-12,15-22,35H,2-5,9-10,13-14H2,1H3,(H,32,34). The van der Waals surface area contributed by atoms with Gasteiger partial charge < -0.3 is 4.74 Å². The van der Waals surface area contributed by atoms with Gasteiger partial charge in [0.1, 0.15) is 11.4 Å². The topological polar surface area (TPSA) is 75.6 Å². The first-order valence-corrected chi connectivity index (χ1v) is 12.5. The molecule has 1 unspecified atom stereocenters. The minimum absolute atomic E-state index is 0.0877. The lowest BCUT2D eigenvalue weighted by molar-refractivity contribution is -0.129. The second-order valence-corrected chi connectivity index (χ2v) is 8.79. The number of rotatable bonds is 14. The molecule has 0 spiro atoms. The van der Waals surface area contributed by atoms with Gasteiger partial charge in [0.2, 0.25) is 5.91 Å². The smallest absolute Gasteiger partial charge is 0.243 e. The lowest BCUT2D eigenvalue weighted by Crippen LogP contribution is -2.33. The molecule has 36 heavy (non-hydrogen) atoms. The summed E-state index contributed by atoms with van der Waals surface area (Å²) in [5, 5.41) is 8.50. The van der Waals surface area contributed by atoms with Crippen LogP contribution in [0.4, 0.5) is 4.39 Å². The molecule has 3 rings (SSSR count). The second-order valence-electron chi connectivity index (χ2n) is 8.79. The Hall–Kier alpha value is -3.35. The van der Waals surface area contributed by atoms with Crippen LogP contribution in [0.2, 0.25) is 0 Å². The molecular weight excluding hydrogens is 457 g/mol. The monoisotopic (exact) mass is 491 g/mol.